The Bertz CT molecular complexity index is 781. The first-order valence-electron chi connectivity index (χ1n) is 5.79. The highest BCUT2D eigenvalue weighted by Gasteiger charge is 2.15. The molecular weight excluding hydrogens is 363 g/mol. The summed E-state index contributed by atoms with van der Waals surface area (Å²) in [5.41, 5.74) is 5.78. The summed E-state index contributed by atoms with van der Waals surface area (Å²) < 4.78 is 44.5. The first-order valence-corrected chi connectivity index (χ1v) is 8.07. The zero-order valence-electron chi connectivity index (χ0n) is 10.9. The number of hydrogen-bond acceptors (Lipinski definition) is 4. The molecule has 2 aromatic rings. The fourth-order valence-corrected chi connectivity index (χ4v) is 2.82. The normalized spacial score (nSPS) is 11.4. The van der Waals surface area contributed by atoms with Crippen molar-refractivity contribution in [3.63, 3.8) is 0 Å². The number of rotatable bonds is 4. The lowest BCUT2D eigenvalue weighted by atomic mass is 10.3. The van der Waals surface area contributed by atoms with Gasteiger partial charge >= 0.3 is 0 Å². The van der Waals surface area contributed by atoms with Crippen LogP contribution in [0.3, 0.4) is 0 Å². The van der Waals surface area contributed by atoms with Crippen molar-refractivity contribution < 1.29 is 17.5 Å². The first-order chi connectivity index (χ1) is 9.83. The Morgan fingerprint density at radius 3 is 2.38 bits per heavy atom. The third-order valence-corrected chi connectivity index (χ3v) is 4.76. The molecule has 0 heterocycles. The van der Waals surface area contributed by atoms with Crippen molar-refractivity contribution in [3.05, 3.63) is 46.7 Å². The monoisotopic (exact) mass is 374 g/mol. The predicted molar refractivity (Wildman–Crippen MR) is 81.3 cm³/mol. The lowest BCUT2D eigenvalue weighted by Crippen LogP contribution is -2.19. The number of hydrogen-bond donors (Lipinski definition) is 2. The average molecular weight is 375 g/mol. The molecule has 0 atom stereocenters. The number of nitrogen functional groups attached to an aromatic ring is 1. The summed E-state index contributed by atoms with van der Waals surface area (Å²) in [4.78, 5) is -0.0300. The van der Waals surface area contributed by atoms with Gasteiger partial charge in [-0.15, -0.1) is 0 Å². The number of anilines is 1. The molecule has 21 heavy (non-hydrogen) atoms. The molecule has 3 N–H and O–H groups in total. The molecule has 0 saturated carbocycles. The van der Waals surface area contributed by atoms with Crippen LogP contribution in [0.25, 0.3) is 0 Å². The van der Waals surface area contributed by atoms with Crippen molar-refractivity contribution in [3.8, 4) is 11.5 Å². The summed E-state index contributed by atoms with van der Waals surface area (Å²) in [5, 5.41) is 0. The van der Waals surface area contributed by atoms with Crippen molar-refractivity contribution in [1.82, 2.24) is 4.72 Å². The molecule has 2 rings (SSSR count). The Labute approximate surface area is 130 Å². The van der Waals surface area contributed by atoms with Crippen LogP contribution in [0, 0.1) is 5.82 Å². The second kappa shape index (κ2) is 6.00. The SMILES string of the molecule is CNS(=O)(=O)c1ccc(Oc2ccc(F)c(Br)c2)cc1N. The van der Waals surface area contributed by atoms with Gasteiger partial charge in [-0.3, -0.25) is 0 Å². The van der Waals surface area contributed by atoms with Crippen LogP contribution >= 0.6 is 15.9 Å². The summed E-state index contributed by atoms with van der Waals surface area (Å²) in [6.07, 6.45) is 0. The summed E-state index contributed by atoms with van der Waals surface area (Å²) in [6, 6.07) is 8.37. The summed E-state index contributed by atoms with van der Waals surface area (Å²) in [7, 11) is -2.32. The van der Waals surface area contributed by atoms with Gasteiger partial charge in [-0.2, -0.15) is 0 Å². The van der Waals surface area contributed by atoms with Gasteiger partial charge in [0.05, 0.1) is 10.2 Å². The van der Waals surface area contributed by atoms with Crippen molar-refractivity contribution in [1.29, 1.82) is 0 Å². The number of ether oxygens (including phenoxy) is 1. The van der Waals surface area contributed by atoms with Crippen LogP contribution in [-0.2, 0) is 10.0 Å². The molecule has 112 valence electrons. The molecular formula is C13H12BrFN2O3S. The highest BCUT2D eigenvalue weighted by atomic mass is 79.9. The van der Waals surface area contributed by atoms with Gasteiger partial charge in [0.25, 0.3) is 0 Å². The molecule has 0 amide bonds. The highest BCUT2D eigenvalue weighted by Crippen LogP contribution is 2.29. The number of nitrogens with two attached hydrogens (primary N) is 1. The van der Waals surface area contributed by atoms with Gasteiger partial charge in [0.15, 0.2) is 0 Å². The first kappa shape index (κ1) is 15.7. The fourth-order valence-electron chi connectivity index (χ4n) is 1.62. The van der Waals surface area contributed by atoms with Crippen molar-refractivity contribution in [2.24, 2.45) is 0 Å². The van der Waals surface area contributed by atoms with Gasteiger partial charge in [0.2, 0.25) is 10.0 Å². The van der Waals surface area contributed by atoms with E-state index in [-0.39, 0.29) is 15.1 Å². The van der Waals surface area contributed by atoms with E-state index in [4.69, 9.17) is 10.5 Å². The molecule has 0 aliphatic rings. The molecule has 0 radical (unpaired) electrons. The van der Waals surface area contributed by atoms with E-state index in [1.807, 2.05) is 0 Å². The number of nitrogens with one attached hydrogen (secondary N) is 1. The third kappa shape index (κ3) is 3.52. The maximum absolute atomic E-state index is 13.1. The van der Waals surface area contributed by atoms with Crippen LogP contribution in [0.4, 0.5) is 10.1 Å². The van der Waals surface area contributed by atoms with Crippen LogP contribution in [-0.4, -0.2) is 15.5 Å². The smallest absolute Gasteiger partial charge is 0.242 e. The molecule has 0 bridgehead atoms. The standard InChI is InChI=1S/C13H12BrFN2O3S/c1-17-21(18,19)13-5-3-9(7-12(13)16)20-8-2-4-11(15)10(14)6-8/h2-7,17H,16H2,1H3. The molecule has 0 aliphatic carbocycles. The predicted octanol–water partition coefficient (Wildman–Crippen LogP) is 2.87. The molecule has 0 saturated heterocycles. The second-order valence-electron chi connectivity index (χ2n) is 4.09. The topological polar surface area (TPSA) is 81.4 Å². The molecule has 0 unspecified atom stereocenters. The zero-order chi connectivity index (χ0) is 15.6. The van der Waals surface area contributed by atoms with Gasteiger partial charge in [0, 0.05) is 6.07 Å². The fraction of sp³-hybridized carbons (Fsp3) is 0.0769. The van der Waals surface area contributed by atoms with Gasteiger partial charge < -0.3 is 10.5 Å². The van der Waals surface area contributed by atoms with Gasteiger partial charge in [-0.05, 0) is 53.3 Å². The van der Waals surface area contributed by atoms with E-state index in [0.29, 0.717) is 11.5 Å². The molecule has 8 heteroatoms. The largest absolute Gasteiger partial charge is 0.457 e. The lowest BCUT2D eigenvalue weighted by molar-refractivity contribution is 0.479. The third-order valence-electron chi connectivity index (χ3n) is 2.67. The Morgan fingerprint density at radius 1 is 1.19 bits per heavy atom. The minimum absolute atomic E-state index is 0.0300. The maximum Gasteiger partial charge on any atom is 0.242 e. The quantitative estimate of drug-likeness (QED) is 0.806. The van der Waals surface area contributed by atoms with Gasteiger partial charge in [0.1, 0.15) is 22.2 Å². The Kier molecular flexibility index (Phi) is 4.50. The van der Waals surface area contributed by atoms with E-state index in [0.717, 1.165) is 0 Å². The zero-order valence-corrected chi connectivity index (χ0v) is 13.3. The van der Waals surface area contributed by atoms with Crippen LogP contribution in [0.5, 0.6) is 11.5 Å². The summed E-state index contributed by atoms with van der Waals surface area (Å²) >= 11 is 3.05. The molecule has 0 fully saturated rings. The van der Waals surface area contributed by atoms with E-state index in [2.05, 4.69) is 20.7 Å². The molecule has 5 nitrogen and oxygen atoms in total. The van der Waals surface area contributed by atoms with Crippen LogP contribution < -0.4 is 15.2 Å². The van der Waals surface area contributed by atoms with Crippen molar-refractivity contribution in [2.75, 3.05) is 12.8 Å². The molecule has 0 aliphatic heterocycles. The number of halogens is 2. The summed E-state index contributed by atoms with van der Waals surface area (Å²) in [5.74, 6) is 0.338. The molecule has 0 aromatic heterocycles. The minimum atomic E-state index is -3.62. The average Bonchev–Trinajstić information content (AvgIpc) is 2.43. The number of benzene rings is 2. The summed E-state index contributed by atoms with van der Waals surface area (Å²) in [6.45, 7) is 0. The Hall–Kier alpha value is -1.64. The Balaban J connectivity index is 2.30. The van der Waals surface area contributed by atoms with E-state index in [9.17, 15) is 12.8 Å². The van der Waals surface area contributed by atoms with Gasteiger partial charge in [-0.25, -0.2) is 17.5 Å². The van der Waals surface area contributed by atoms with E-state index in [1.165, 1.54) is 43.4 Å². The van der Waals surface area contributed by atoms with Gasteiger partial charge in [-0.1, -0.05) is 0 Å². The highest BCUT2D eigenvalue weighted by molar-refractivity contribution is 9.10. The van der Waals surface area contributed by atoms with E-state index >= 15 is 0 Å². The second-order valence-corrected chi connectivity index (χ2v) is 6.79. The van der Waals surface area contributed by atoms with E-state index in [1.54, 1.807) is 0 Å². The van der Waals surface area contributed by atoms with E-state index < -0.39 is 15.8 Å². The van der Waals surface area contributed by atoms with Crippen molar-refractivity contribution in [2.45, 2.75) is 4.90 Å². The lowest BCUT2D eigenvalue weighted by Gasteiger charge is -2.10. The van der Waals surface area contributed by atoms with Crippen LogP contribution in [0.1, 0.15) is 0 Å². The Morgan fingerprint density at radius 2 is 1.81 bits per heavy atom. The minimum Gasteiger partial charge on any atom is -0.457 e. The van der Waals surface area contributed by atoms with Crippen LogP contribution in [0.2, 0.25) is 0 Å². The van der Waals surface area contributed by atoms with Crippen molar-refractivity contribution >= 4 is 31.6 Å². The number of sulfonamides is 1. The molecule has 0 spiro atoms. The van der Waals surface area contributed by atoms with Crippen LogP contribution in [0.15, 0.2) is 45.8 Å². The maximum atomic E-state index is 13.1. The molecule has 2 aromatic carbocycles.